The minimum atomic E-state index is 0.0421. The Morgan fingerprint density at radius 3 is 2.67 bits per heavy atom. The fourth-order valence-corrected chi connectivity index (χ4v) is 2.69. The molecular formula is C15H17NO2. The number of hydrogen-bond donors (Lipinski definition) is 0. The van der Waals surface area contributed by atoms with Crippen LogP contribution >= 0.6 is 0 Å². The van der Waals surface area contributed by atoms with Gasteiger partial charge in [0.25, 0.3) is 0 Å². The van der Waals surface area contributed by atoms with E-state index in [1.54, 1.807) is 4.90 Å². The van der Waals surface area contributed by atoms with Crippen LogP contribution in [0.1, 0.15) is 35.2 Å². The minimum Gasteiger partial charge on any atom is -0.342 e. The van der Waals surface area contributed by atoms with Crippen LogP contribution in [-0.4, -0.2) is 29.7 Å². The fraction of sp³-hybridized carbons (Fsp3) is 0.467. The van der Waals surface area contributed by atoms with Gasteiger partial charge in [-0.25, -0.2) is 0 Å². The van der Waals surface area contributed by atoms with Gasteiger partial charge >= 0.3 is 0 Å². The summed E-state index contributed by atoms with van der Waals surface area (Å²) in [6.45, 7) is 0. The van der Waals surface area contributed by atoms with E-state index >= 15 is 0 Å². The van der Waals surface area contributed by atoms with Crippen LogP contribution < -0.4 is 0 Å². The zero-order valence-electron chi connectivity index (χ0n) is 10.6. The van der Waals surface area contributed by atoms with Crippen LogP contribution in [0.25, 0.3) is 0 Å². The van der Waals surface area contributed by atoms with Crippen molar-refractivity contribution in [2.24, 2.45) is 5.92 Å². The van der Waals surface area contributed by atoms with Gasteiger partial charge in [0.2, 0.25) is 5.91 Å². The summed E-state index contributed by atoms with van der Waals surface area (Å²) in [6.07, 6.45) is 3.30. The third kappa shape index (κ3) is 1.94. The molecule has 2 aliphatic rings. The Hall–Kier alpha value is -1.64. The van der Waals surface area contributed by atoms with Crippen molar-refractivity contribution in [1.29, 1.82) is 0 Å². The van der Waals surface area contributed by atoms with Crippen LogP contribution in [0.2, 0.25) is 0 Å². The van der Waals surface area contributed by atoms with Crippen LogP contribution in [0.4, 0.5) is 0 Å². The highest BCUT2D eigenvalue weighted by molar-refractivity contribution is 5.99. The lowest BCUT2D eigenvalue weighted by atomic mass is 9.86. The first kappa shape index (κ1) is 11.5. The summed E-state index contributed by atoms with van der Waals surface area (Å²) in [7, 11) is 1.84. The van der Waals surface area contributed by atoms with E-state index in [4.69, 9.17) is 0 Å². The van der Waals surface area contributed by atoms with Crippen LogP contribution in [-0.2, 0) is 11.2 Å². The molecule has 0 N–H and O–H groups in total. The molecule has 0 heterocycles. The second-order valence-corrected chi connectivity index (χ2v) is 5.37. The standard InChI is InChI=1S/C15H17NO2/c1-16(15(18)10-6-7-10)12-8-11-4-2-3-5-13(11)14(17)9-12/h2-5,10,12H,6-9H2,1H3/t12-/m0/s1. The van der Waals surface area contributed by atoms with Crippen LogP contribution in [0.15, 0.2) is 24.3 Å². The molecule has 3 nitrogen and oxygen atoms in total. The summed E-state index contributed by atoms with van der Waals surface area (Å²) in [5, 5.41) is 0. The molecule has 1 aromatic carbocycles. The summed E-state index contributed by atoms with van der Waals surface area (Å²) in [5.74, 6) is 0.603. The first-order valence-electron chi connectivity index (χ1n) is 6.54. The van der Waals surface area contributed by atoms with E-state index in [1.807, 2.05) is 31.3 Å². The number of fused-ring (bicyclic) bond motifs is 1. The Morgan fingerprint density at radius 2 is 1.94 bits per heavy atom. The summed E-state index contributed by atoms with van der Waals surface area (Å²) in [4.78, 5) is 25.9. The number of carbonyl (C=O) groups is 2. The molecule has 0 spiro atoms. The highest BCUT2D eigenvalue weighted by Gasteiger charge is 2.36. The average molecular weight is 243 g/mol. The van der Waals surface area contributed by atoms with Gasteiger partial charge in [0.1, 0.15) is 0 Å². The van der Waals surface area contributed by atoms with Gasteiger partial charge in [0.15, 0.2) is 5.78 Å². The normalized spacial score (nSPS) is 22.5. The molecule has 0 unspecified atom stereocenters. The molecule has 3 rings (SSSR count). The number of amides is 1. The number of likely N-dealkylation sites (N-methyl/N-ethyl adjacent to an activating group) is 1. The van der Waals surface area contributed by atoms with Crippen molar-refractivity contribution in [3.05, 3.63) is 35.4 Å². The number of benzene rings is 1. The van der Waals surface area contributed by atoms with Crippen molar-refractivity contribution in [2.75, 3.05) is 7.05 Å². The Bertz CT molecular complexity index is 505. The van der Waals surface area contributed by atoms with Gasteiger partial charge < -0.3 is 4.90 Å². The van der Waals surface area contributed by atoms with E-state index in [-0.39, 0.29) is 23.7 Å². The molecule has 1 atom stereocenters. The Morgan fingerprint density at radius 1 is 1.22 bits per heavy atom. The lowest BCUT2D eigenvalue weighted by Crippen LogP contribution is -2.42. The van der Waals surface area contributed by atoms with Gasteiger partial charge in [-0.1, -0.05) is 24.3 Å². The maximum atomic E-state index is 12.1. The van der Waals surface area contributed by atoms with Crippen LogP contribution in [0.3, 0.4) is 0 Å². The van der Waals surface area contributed by atoms with E-state index in [1.165, 1.54) is 0 Å². The third-order valence-corrected chi connectivity index (χ3v) is 4.02. The van der Waals surface area contributed by atoms with Crippen molar-refractivity contribution in [2.45, 2.75) is 31.7 Å². The predicted molar refractivity (Wildman–Crippen MR) is 68.4 cm³/mol. The first-order chi connectivity index (χ1) is 8.66. The summed E-state index contributed by atoms with van der Waals surface area (Å²) in [5.41, 5.74) is 1.91. The van der Waals surface area contributed by atoms with Crippen molar-refractivity contribution in [3.63, 3.8) is 0 Å². The lowest BCUT2D eigenvalue weighted by Gasteiger charge is -2.31. The SMILES string of the molecule is CN(C(=O)C1CC1)[C@@H]1CC(=O)c2ccccc2C1. The molecule has 0 saturated heterocycles. The van der Waals surface area contributed by atoms with E-state index in [9.17, 15) is 9.59 Å². The number of Topliss-reactive ketones (excluding diaryl/α,β-unsaturated/α-hetero) is 1. The minimum absolute atomic E-state index is 0.0421. The predicted octanol–water partition coefficient (Wildman–Crippen LogP) is 2.05. The van der Waals surface area contributed by atoms with Gasteiger partial charge in [-0.2, -0.15) is 0 Å². The number of carbonyl (C=O) groups excluding carboxylic acids is 2. The van der Waals surface area contributed by atoms with Crippen LogP contribution in [0.5, 0.6) is 0 Å². The average Bonchev–Trinajstić information content (AvgIpc) is 3.21. The van der Waals surface area contributed by atoms with E-state index in [2.05, 4.69) is 0 Å². The Balaban J connectivity index is 1.80. The van der Waals surface area contributed by atoms with Crippen molar-refractivity contribution in [3.8, 4) is 0 Å². The number of ketones is 1. The lowest BCUT2D eigenvalue weighted by molar-refractivity contribution is -0.133. The molecule has 18 heavy (non-hydrogen) atoms. The quantitative estimate of drug-likeness (QED) is 0.797. The molecule has 94 valence electrons. The summed E-state index contributed by atoms with van der Waals surface area (Å²) >= 11 is 0. The molecule has 1 saturated carbocycles. The molecule has 3 heteroatoms. The number of hydrogen-bond acceptors (Lipinski definition) is 2. The zero-order valence-corrected chi connectivity index (χ0v) is 10.6. The topological polar surface area (TPSA) is 37.4 Å². The molecule has 0 aliphatic heterocycles. The largest absolute Gasteiger partial charge is 0.342 e. The van der Waals surface area contributed by atoms with E-state index < -0.39 is 0 Å². The van der Waals surface area contributed by atoms with Crippen molar-refractivity contribution >= 4 is 11.7 Å². The van der Waals surface area contributed by atoms with Gasteiger partial charge in [0, 0.05) is 31.0 Å². The van der Waals surface area contributed by atoms with Crippen LogP contribution in [0, 0.1) is 5.92 Å². The summed E-state index contributed by atoms with van der Waals surface area (Å²) < 4.78 is 0. The molecule has 1 amide bonds. The first-order valence-corrected chi connectivity index (χ1v) is 6.54. The van der Waals surface area contributed by atoms with Gasteiger partial charge in [-0.15, -0.1) is 0 Å². The molecular weight excluding hydrogens is 226 g/mol. The Labute approximate surface area is 107 Å². The zero-order chi connectivity index (χ0) is 12.7. The second kappa shape index (κ2) is 4.23. The number of rotatable bonds is 2. The van der Waals surface area contributed by atoms with Gasteiger partial charge in [-0.05, 0) is 24.8 Å². The molecule has 0 radical (unpaired) electrons. The smallest absolute Gasteiger partial charge is 0.225 e. The molecule has 1 aromatic rings. The van der Waals surface area contributed by atoms with Crippen molar-refractivity contribution < 1.29 is 9.59 Å². The Kier molecular flexibility index (Phi) is 2.69. The monoisotopic (exact) mass is 243 g/mol. The molecule has 2 aliphatic carbocycles. The number of nitrogens with zero attached hydrogens (tertiary/aromatic N) is 1. The molecule has 0 aromatic heterocycles. The maximum absolute atomic E-state index is 12.1. The maximum Gasteiger partial charge on any atom is 0.225 e. The molecule has 1 fully saturated rings. The molecule has 0 bridgehead atoms. The van der Waals surface area contributed by atoms with E-state index in [0.717, 1.165) is 30.4 Å². The van der Waals surface area contributed by atoms with Gasteiger partial charge in [-0.3, -0.25) is 9.59 Å². The fourth-order valence-electron chi connectivity index (χ4n) is 2.69. The summed E-state index contributed by atoms with van der Waals surface area (Å²) in [6, 6.07) is 7.78. The van der Waals surface area contributed by atoms with Gasteiger partial charge in [0.05, 0.1) is 0 Å². The van der Waals surface area contributed by atoms with Crippen molar-refractivity contribution in [1.82, 2.24) is 4.90 Å². The third-order valence-electron chi connectivity index (χ3n) is 4.02. The highest BCUT2D eigenvalue weighted by Crippen LogP contribution is 2.33. The van der Waals surface area contributed by atoms with E-state index in [0.29, 0.717) is 6.42 Å². The highest BCUT2D eigenvalue weighted by atomic mass is 16.2. The second-order valence-electron chi connectivity index (χ2n) is 5.37.